The summed E-state index contributed by atoms with van der Waals surface area (Å²) < 4.78 is 22.6. The first-order chi connectivity index (χ1) is 11.2. The Kier molecular flexibility index (Phi) is 5.32. The highest BCUT2D eigenvalue weighted by molar-refractivity contribution is 7.89. The Bertz CT molecular complexity index is 718. The Balaban J connectivity index is 2.22. The van der Waals surface area contributed by atoms with Crippen molar-refractivity contribution < 1.29 is 23.1 Å². The van der Waals surface area contributed by atoms with E-state index < -0.39 is 21.3 Å². The molecule has 1 fully saturated rings. The van der Waals surface area contributed by atoms with Gasteiger partial charge >= 0.3 is 5.97 Å². The van der Waals surface area contributed by atoms with E-state index in [0.717, 1.165) is 25.5 Å². The Morgan fingerprint density at radius 1 is 1.12 bits per heavy atom. The monoisotopic (exact) mass is 353 g/mol. The molecule has 0 unspecified atom stereocenters. The standard InChI is InChI=1S/C17H23NO5S/c1-18(17(16(20)21)10-4-3-5-11-17)15(19)14-8-6-13(7-9-14)12-24(2,22)23/h6-9H,3-5,10-12H2,1-2H3,(H,20,21). The van der Waals surface area contributed by atoms with E-state index in [1.165, 1.54) is 11.9 Å². The molecule has 24 heavy (non-hydrogen) atoms. The average molecular weight is 353 g/mol. The van der Waals surface area contributed by atoms with Crippen LogP contribution >= 0.6 is 0 Å². The third kappa shape index (κ3) is 3.95. The van der Waals surface area contributed by atoms with Crippen molar-refractivity contribution in [2.45, 2.75) is 43.4 Å². The Hall–Kier alpha value is -1.89. The number of amides is 1. The van der Waals surface area contributed by atoms with Gasteiger partial charge in [-0.05, 0) is 30.5 Å². The van der Waals surface area contributed by atoms with Gasteiger partial charge in [-0.1, -0.05) is 31.4 Å². The van der Waals surface area contributed by atoms with Crippen molar-refractivity contribution in [2.24, 2.45) is 0 Å². The van der Waals surface area contributed by atoms with Crippen molar-refractivity contribution in [3.8, 4) is 0 Å². The van der Waals surface area contributed by atoms with Crippen molar-refractivity contribution in [3.63, 3.8) is 0 Å². The number of benzene rings is 1. The van der Waals surface area contributed by atoms with E-state index in [1.54, 1.807) is 24.3 Å². The van der Waals surface area contributed by atoms with Crippen LogP contribution in [0.5, 0.6) is 0 Å². The van der Waals surface area contributed by atoms with Crippen molar-refractivity contribution >= 4 is 21.7 Å². The summed E-state index contributed by atoms with van der Waals surface area (Å²) in [5.41, 5.74) is -0.191. The Morgan fingerprint density at radius 2 is 1.67 bits per heavy atom. The Labute approximate surface area is 142 Å². The molecule has 1 amide bonds. The molecule has 0 heterocycles. The second-order valence-corrected chi connectivity index (χ2v) is 8.67. The normalized spacial score (nSPS) is 17.2. The van der Waals surface area contributed by atoms with E-state index in [-0.39, 0.29) is 11.7 Å². The lowest BCUT2D eigenvalue weighted by Gasteiger charge is -2.41. The minimum atomic E-state index is -3.14. The highest BCUT2D eigenvalue weighted by Gasteiger charge is 2.45. The number of aliphatic carboxylic acids is 1. The highest BCUT2D eigenvalue weighted by atomic mass is 32.2. The molecule has 1 aliphatic carbocycles. The third-order valence-corrected chi connectivity index (χ3v) is 5.51. The molecule has 0 aliphatic heterocycles. The second-order valence-electron chi connectivity index (χ2n) is 6.53. The number of carbonyl (C=O) groups excluding carboxylic acids is 1. The van der Waals surface area contributed by atoms with E-state index in [2.05, 4.69) is 0 Å². The molecule has 132 valence electrons. The van der Waals surface area contributed by atoms with E-state index in [0.29, 0.717) is 24.0 Å². The predicted octanol–water partition coefficient (Wildman–Crippen LogP) is 2.09. The van der Waals surface area contributed by atoms with Crippen LogP contribution in [0.3, 0.4) is 0 Å². The number of likely N-dealkylation sites (N-methyl/N-ethyl adjacent to an activating group) is 1. The molecule has 1 aliphatic rings. The van der Waals surface area contributed by atoms with E-state index in [4.69, 9.17) is 0 Å². The van der Waals surface area contributed by atoms with Crippen LogP contribution in [0.15, 0.2) is 24.3 Å². The summed E-state index contributed by atoms with van der Waals surface area (Å²) in [5.74, 6) is -1.41. The van der Waals surface area contributed by atoms with Crippen LogP contribution in [-0.2, 0) is 20.4 Å². The molecule has 6 nitrogen and oxygen atoms in total. The first-order valence-corrected chi connectivity index (χ1v) is 10.00. The minimum Gasteiger partial charge on any atom is -0.479 e. The van der Waals surface area contributed by atoms with Gasteiger partial charge in [-0.3, -0.25) is 4.79 Å². The number of nitrogens with zero attached hydrogens (tertiary/aromatic N) is 1. The maximum absolute atomic E-state index is 12.7. The van der Waals surface area contributed by atoms with Crippen LogP contribution in [0.2, 0.25) is 0 Å². The second kappa shape index (κ2) is 6.93. The maximum Gasteiger partial charge on any atom is 0.329 e. The van der Waals surface area contributed by atoms with Crippen LogP contribution in [-0.4, -0.2) is 49.1 Å². The number of rotatable bonds is 5. The minimum absolute atomic E-state index is 0.0869. The smallest absolute Gasteiger partial charge is 0.329 e. The van der Waals surface area contributed by atoms with Gasteiger partial charge in [0, 0.05) is 18.9 Å². The lowest BCUT2D eigenvalue weighted by Crippen LogP contribution is -2.56. The fourth-order valence-corrected chi connectivity index (χ4v) is 4.06. The first-order valence-electron chi connectivity index (χ1n) is 7.94. The fourth-order valence-electron chi connectivity index (χ4n) is 3.26. The van der Waals surface area contributed by atoms with Crippen LogP contribution < -0.4 is 0 Å². The van der Waals surface area contributed by atoms with Crippen LogP contribution in [0.1, 0.15) is 48.0 Å². The van der Waals surface area contributed by atoms with Gasteiger partial charge in [-0.2, -0.15) is 0 Å². The zero-order valence-corrected chi connectivity index (χ0v) is 14.8. The average Bonchev–Trinajstić information content (AvgIpc) is 2.53. The van der Waals surface area contributed by atoms with Crippen molar-refractivity contribution in [2.75, 3.05) is 13.3 Å². The van der Waals surface area contributed by atoms with Gasteiger partial charge in [0.25, 0.3) is 5.91 Å². The SMILES string of the molecule is CN(C(=O)c1ccc(CS(C)(=O)=O)cc1)C1(C(=O)O)CCCCC1. The van der Waals surface area contributed by atoms with Gasteiger partial charge in [-0.25, -0.2) is 13.2 Å². The summed E-state index contributed by atoms with van der Waals surface area (Å²) in [6, 6.07) is 6.29. The maximum atomic E-state index is 12.7. The first kappa shape index (κ1) is 18.4. The molecule has 0 spiro atoms. The van der Waals surface area contributed by atoms with Crippen molar-refractivity contribution in [1.82, 2.24) is 4.90 Å². The summed E-state index contributed by atoms with van der Waals surface area (Å²) in [4.78, 5) is 25.8. The number of carbonyl (C=O) groups is 2. The summed E-state index contributed by atoms with van der Waals surface area (Å²) in [7, 11) is -1.60. The van der Waals surface area contributed by atoms with E-state index >= 15 is 0 Å². The van der Waals surface area contributed by atoms with Gasteiger partial charge in [0.05, 0.1) is 5.75 Å². The molecule has 1 saturated carbocycles. The molecule has 1 aromatic rings. The third-order valence-electron chi connectivity index (χ3n) is 4.66. The number of hydrogen-bond donors (Lipinski definition) is 1. The summed E-state index contributed by atoms with van der Waals surface area (Å²) >= 11 is 0. The van der Waals surface area contributed by atoms with Gasteiger partial charge in [0.15, 0.2) is 9.84 Å². The zero-order chi connectivity index (χ0) is 18.0. The van der Waals surface area contributed by atoms with Gasteiger partial charge in [0.2, 0.25) is 0 Å². The molecule has 0 bridgehead atoms. The zero-order valence-electron chi connectivity index (χ0n) is 14.0. The van der Waals surface area contributed by atoms with Gasteiger partial charge in [0.1, 0.15) is 5.54 Å². The summed E-state index contributed by atoms with van der Waals surface area (Å²) in [6.45, 7) is 0. The highest BCUT2D eigenvalue weighted by Crippen LogP contribution is 2.34. The van der Waals surface area contributed by atoms with Crippen LogP contribution in [0.4, 0.5) is 0 Å². The molecular weight excluding hydrogens is 330 g/mol. The topological polar surface area (TPSA) is 91.8 Å². The van der Waals surface area contributed by atoms with Gasteiger partial charge < -0.3 is 10.0 Å². The molecule has 7 heteroatoms. The number of carboxylic acids is 1. The number of carboxylic acid groups (broad SMARTS) is 1. The molecule has 0 radical (unpaired) electrons. The number of hydrogen-bond acceptors (Lipinski definition) is 4. The number of sulfone groups is 1. The fraction of sp³-hybridized carbons (Fsp3) is 0.529. The summed E-state index contributed by atoms with van der Waals surface area (Å²) in [6.07, 6.45) is 4.62. The van der Waals surface area contributed by atoms with Crippen molar-refractivity contribution in [1.29, 1.82) is 0 Å². The van der Waals surface area contributed by atoms with E-state index in [1.807, 2.05) is 0 Å². The molecule has 0 atom stereocenters. The van der Waals surface area contributed by atoms with Gasteiger partial charge in [-0.15, -0.1) is 0 Å². The summed E-state index contributed by atoms with van der Waals surface area (Å²) in [5, 5.41) is 9.67. The largest absolute Gasteiger partial charge is 0.479 e. The molecule has 2 rings (SSSR count). The van der Waals surface area contributed by atoms with Crippen LogP contribution in [0.25, 0.3) is 0 Å². The van der Waals surface area contributed by atoms with Crippen molar-refractivity contribution in [3.05, 3.63) is 35.4 Å². The Morgan fingerprint density at radius 3 is 2.12 bits per heavy atom. The molecular formula is C17H23NO5S. The lowest BCUT2D eigenvalue weighted by molar-refractivity contribution is -0.151. The molecule has 1 aromatic carbocycles. The molecule has 0 saturated heterocycles. The van der Waals surface area contributed by atoms with Crippen LogP contribution in [0, 0.1) is 0 Å². The van der Waals surface area contributed by atoms with E-state index in [9.17, 15) is 23.1 Å². The predicted molar refractivity (Wildman–Crippen MR) is 90.5 cm³/mol. The molecule has 1 N–H and O–H groups in total. The quantitative estimate of drug-likeness (QED) is 0.875. The lowest BCUT2D eigenvalue weighted by atomic mass is 9.80. The molecule has 0 aromatic heterocycles.